The van der Waals surface area contributed by atoms with Crippen molar-refractivity contribution < 1.29 is 26.4 Å². The van der Waals surface area contributed by atoms with Crippen LogP contribution in [0.1, 0.15) is 47.1 Å². The molecule has 0 spiro atoms. The van der Waals surface area contributed by atoms with Gasteiger partial charge in [-0.05, 0) is 35.2 Å². The molecule has 186 valence electrons. The van der Waals surface area contributed by atoms with Crippen LogP contribution in [0.25, 0.3) is 0 Å². The van der Waals surface area contributed by atoms with Crippen LogP contribution in [0.4, 0.5) is 0 Å². The van der Waals surface area contributed by atoms with Gasteiger partial charge in [0.1, 0.15) is 11.4 Å². The van der Waals surface area contributed by atoms with E-state index >= 15 is 0 Å². The predicted octanol–water partition coefficient (Wildman–Crippen LogP) is 3.53. The third-order valence-electron chi connectivity index (χ3n) is 5.68. The number of hydrogen-bond donors (Lipinski definition) is 2. The van der Waals surface area contributed by atoms with Crippen LogP contribution in [0.5, 0.6) is 0 Å². The monoisotopic (exact) mass is 524 g/mol. The minimum atomic E-state index is -4.35. The zero-order valence-corrected chi connectivity index (χ0v) is 21.4. The molecule has 0 saturated heterocycles. The van der Waals surface area contributed by atoms with Crippen LogP contribution in [-0.2, 0) is 25.5 Å². The number of hydrogen-bond acceptors (Lipinski definition) is 6. The molecule has 1 aliphatic rings. The van der Waals surface area contributed by atoms with E-state index in [2.05, 4.69) is 9.44 Å². The van der Waals surface area contributed by atoms with Gasteiger partial charge in [0.15, 0.2) is 0 Å². The summed E-state index contributed by atoms with van der Waals surface area (Å²) in [6.45, 7) is 5.94. The number of ketones is 2. The molecule has 0 bridgehead atoms. The fourth-order valence-electron chi connectivity index (χ4n) is 3.69. The number of carbonyl (C=O) groups is 2. The average molecular weight is 525 g/mol. The quantitative estimate of drug-likeness (QED) is 0.508. The lowest BCUT2D eigenvalue weighted by molar-refractivity contribution is 0.0968. The van der Waals surface area contributed by atoms with Crippen molar-refractivity contribution in [2.45, 2.75) is 36.0 Å². The lowest BCUT2D eigenvalue weighted by Gasteiger charge is -2.23. The van der Waals surface area contributed by atoms with E-state index in [1.807, 2.05) is 20.8 Å². The first-order chi connectivity index (χ1) is 16.8. The summed E-state index contributed by atoms with van der Waals surface area (Å²) >= 11 is 0. The highest BCUT2D eigenvalue weighted by Crippen LogP contribution is 2.28. The Balaban J connectivity index is 1.81. The molecule has 0 aromatic heterocycles. The molecule has 0 unspecified atom stereocenters. The van der Waals surface area contributed by atoms with E-state index < -0.39 is 43.0 Å². The summed E-state index contributed by atoms with van der Waals surface area (Å²) in [6.07, 6.45) is 0. The van der Waals surface area contributed by atoms with Gasteiger partial charge in [-0.15, -0.1) is 0 Å². The standard InChI is InChI=1S/C26H24N2O6S2/c1-26(2,3)17-13-15-19(16-14-17)36(33,34)28-23-22(27-35(31,32)18-9-5-4-6-10-18)24(29)20-11-7-8-12-21(20)25(23)30/h4-16,27-28H,1-3H3. The van der Waals surface area contributed by atoms with Gasteiger partial charge in [-0.2, -0.15) is 0 Å². The summed E-state index contributed by atoms with van der Waals surface area (Å²) in [6, 6.07) is 19.1. The fraction of sp³-hybridized carbons (Fsp3) is 0.154. The number of Topliss-reactive ketones (excluding diaryl/α,β-unsaturated/α-hetero) is 2. The highest BCUT2D eigenvalue weighted by molar-refractivity contribution is 7.90. The molecule has 3 aromatic rings. The molecular weight excluding hydrogens is 500 g/mol. The maximum absolute atomic E-state index is 13.3. The van der Waals surface area contributed by atoms with Gasteiger partial charge < -0.3 is 0 Å². The number of nitrogens with one attached hydrogen (secondary N) is 2. The second-order valence-corrected chi connectivity index (χ2v) is 12.6. The maximum atomic E-state index is 13.3. The van der Waals surface area contributed by atoms with E-state index in [-0.39, 0.29) is 26.3 Å². The first-order valence-electron chi connectivity index (χ1n) is 11.0. The van der Waals surface area contributed by atoms with Gasteiger partial charge in [0, 0.05) is 11.1 Å². The van der Waals surface area contributed by atoms with E-state index in [1.165, 1.54) is 60.7 Å². The Labute approximate surface area is 210 Å². The third-order valence-corrected chi connectivity index (χ3v) is 8.41. The molecule has 8 nitrogen and oxygen atoms in total. The molecule has 1 aliphatic carbocycles. The third kappa shape index (κ3) is 4.82. The van der Waals surface area contributed by atoms with Crippen molar-refractivity contribution in [2.75, 3.05) is 0 Å². The number of benzene rings is 3. The van der Waals surface area contributed by atoms with Gasteiger partial charge >= 0.3 is 0 Å². The van der Waals surface area contributed by atoms with E-state index in [9.17, 15) is 26.4 Å². The highest BCUT2D eigenvalue weighted by atomic mass is 32.2. The molecule has 2 N–H and O–H groups in total. The van der Waals surface area contributed by atoms with E-state index in [4.69, 9.17) is 0 Å². The summed E-state index contributed by atoms with van der Waals surface area (Å²) in [5.74, 6) is -1.66. The zero-order chi connectivity index (χ0) is 26.3. The average Bonchev–Trinajstić information content (AvgIpc) is 2.84. The number of allylic oxidation sites excluding steroid dienone is 2. The molecular formula is C26H24N2O6S2. The maximum Gasteiger partial charge on any atom is 0.262 e. The molecule has 36 heavy (non-hydrogen) atoms. The predicted molar refractivity (Wildman–Crippen MR) is 134 cm³/mol. The van der Waals surface area contributed by atoms with Crippen molar-refractivity contribution in [3.05, 3.63) is 107 Å². The molecule has 0 aliphatic heterocycles. The van der Waals surface area contributed by atoms with Crippen molar-refractivity contribution in [3.8, 4) is 0 Å². The Morgan fingerprint density at radius 3 is 1.36 bits per heavy atom. The van der Waals surface area contributed by atoms with Crippen molar-refractivity contribution in [2.24, 2.45) is 0 Å². The number of fused-ring (bicyclic) bond motifs is 1. The summed E-state index contributed by atoms with van der Waals surface area (Å²) in [5, 5.41) is 0. The molecule has 10 heteroatoms. The fourth-order valence-corrected chi connectivity index (χ4v) is 5.86. The lowest BCUT2D eigenvalue weighted by atomic mass is 9.87. The minimum Gasteiger partial charge on any atom is -0.287 e. The topological polar surface area (TPSA) is 126 Å². The van der Waals surface area contributed by atoms with Crippen LogP contribution in [0.2, 0.25) is 0 Å². The van der Waals surface area contributed by atoms with Gasteiger partial charge in [-0.3, -0.25) is 19.0 Å². The second kappa shape index (κ2) is 9.03. The smallest absolute Gasteiger partial charge is 0.262 e. The van der Waals surface area contributed by atoms with Crippen LogP contribution in [-0.4, -0.2) is 28.4 Å². The molecule has 0 radical (unpaired) electrons. The van der Waals surface area contributed by atoms with E-state index in [0.717, 1.165) is 5.56 Å². The Morgan fingerprint density at radius 2 is 0.944 bits per heavy atom. The molecule has 0 fully saturated rings. The Hall–Kier alpha value is -3.76. The van der Waals surface area contributed by atoms with Crippen molar-refractivity contribution in [1.29, 1.82) is 0 Å². The van der Waals surface area contributed by atoms with Crippen LogP contribution >= 0.6 is 0 Å². The lowest BCUT2D eigenvalue weighted by Crippen LogP contribution is -2.40. The van der Waals surface area contributed by atoms with E-state index in [1.54, 1.807) is 18.2 Å². The minimum absolute atomic E-state index is 0.0362. The molecule has 4 rings (SSSR count). The Kier molecular flexibility index (Phi) is 6.36. The molecule has 3 aromatic carbocycles. The van der Waals surface area contributed by atoms with Gasteiger partial charge in [-0.25, -0.2) is 16.8 Å². The van der Waals surface area contributed by atoms with Gasteiger partial charge in [0.25, 0.3) is 20.0 Å². The first kappa shape index (κ1) is 25.3. The van der Waals surface area contributed by atoms with Crippen molar-refractivity contribution >= 4 is 31.6 Å². The van der Waals surface area contributed by atoms with Crippen LogP contribution < -0.4 is 9.44 Å². The van der Waals surface area contributed by atoms with E-state index in [0.29, 0.717) is 0 Å². The van der Waals surface area contributed by atoms with Crippen LogP contribution in [0.15, 0.2) is 100 Å². The van der Waals surface area contributed by atoms with Crippen molar-refractivity contribution in [3.63, 3.8) is 0 Å². The SMILES string of the molecule is CC(C)(C)c1ccc(S(=O)(=O)NC2=C(NS(=O)(=O)c3ccccc3)C(=O)c3ccccc3C2=O)cc1. The van der Waals surface area contributed by atoms with Gasteiger partial charge in [0.2, 0.25) is 11.6 Å². The first-order valence-corrected chi connectivity index (χ1v) is 13.9. The molecule has 0 saturated carbocycles. The second-order valence-electron chi connectivity index (χ2n) is 9.25. The Bertz CT molecular complexity index is 1600. The summed E-state index contributed by atoms with van der Waals surface area (Å²) in [5.41, 5.74) is -0.724. The van der Waals surface area contributed by atoms with Crippen LogP contribution in [0.3, 0.4) is 0 Å². The molecule has 0 amide bonds. The summed E-state index contributed by atoms with van der Waals surface area (Å²) < 4.78 is 56.7. The van der Waals surface area contributed by atoms with Crippen molar-refractivity contribution in [1.82, 2.24) is 9.44 Å². The number of rotatable bonds is 6. The highest BCUT2D eigenvalue weighted by Gasteiger charge is 2.36. The largest absolute Gasteiger partial charge is 0.287 e. The summed E-state index contributed by atoms with van der Waals surface area (Å²) in [7, 11) is -8.66. The number of sulfonamides is 2. The molecule has 0 atom stereocenters. The number of carbonyl (C=O) groups excluding carboxylic acids is 2. The van der Waals surface area contributed by atoms with Gasteiger partial charge in [0.05, 0.1) is 9.79 Å². The Morgan fingerprint density at radius 1 is 0.556 bits per heavy atom. The normalized spacial score (nSPS) is 14.4. The van der Waals surface area contributed by atoms with Crippen LogP contribution in [0, 0.1) is 0 Å². The zero-order valence-electron chi connectivity index (χ0n) is 19.8. The van der Waals surface area contributed by atoms with Gasteiger partial charge in [-0.1, -0.05) is 75.4 Å². The summed E-state index contributed by atoms with van der Waals surface area (Å²) in [4.78, 5) is 26.3. The molecule has 0 heterocycles.